The van der Waals surface area contributed by atoms with Crippen molar-refractivity contribution in [2.45, 2.75) is 0 Å². The lowest BCUT2D eigenvalue weighted by Crippen LogP contribution is -1.86. The highest BCUT2D eigenvalue weighted by atomic mass is 35.5. The molecule has 1 aromatic carbocycles. The zero-order valence-electron chi connectivity index (χ0n) is 7.65. The first-order valence-electron chi connectivity index (χ1n) is 4.29. The Morgan fingerprint density at radius 2 is 1.73 bits per heavy atom. The molecule has 0 unspecified atom stereocenters. The smallest absolute Gasteiger partial charge is 0.164 e. The average molecular weight is 240 g/mol. The second kappa shape index (κ2) is 4.51. The van der Waals surface area contributed by atoms with E-state index < -0.39 is 0 Å². The van der Waals surface area contributed by atoms with Crippen LogP contribution in [-0.4, -0.2) is 4.98 Å². The minimum atomic E-state index is 0.453. The van der Waals surface area contributed by atoms with Crippen LogP contribution in [0.5, 0.6) is 11.5 Å². The number of nitrogens with zero attached hydrogens (tertiary/aromatic N) is 1. The summed E-state index contributed by atoms with van der Waals surface area (Å²) in [5, 5.41) is 0.956. The molecule has 0 atom stereocenters. The number of hydrogen-bond acceptors (Lipinski definition) is 2. The summed E-state index contributed by atoms with van der Waals surface area (Å²) in [6.45, 7) is 0. The lowest BCUT2D eigenvalue weighted by Gasteiger charge is -2.08. The average Bonchev–Trinajstić information content (AvgIpc) is 2.25. The van der Waals surface area contributed by atoms with Crippen molar-refractivity contribution in [1.29, 1.82) is 0 Å². The van der Waals surface area contributed by atoms with E-state index in [0.29, 0.717) is 21.5 Å². The van der Waals surface area contributed by atoms with Crippen LogP contribution in [0.25, 0.3) is 0 Å². The van der Waals surface area contributed by atoms with Gasteiger partial charge in [0.25, 0.3) is 0 Å². The molecule has 2 nitrogen and oxygen atoms in total. The zero-order chi connectivity index (χ0) is 10.7. The third-order valence-corrected chi connectivity index (χ3v) is 2.37. The van der Waals surface area contributed by atoms with Gasteiger partial charge in [0.1, 0.15) is 5.75 Å². The van der Waals surface area contributed by atoms with Crippen molar-refractivity contribution in [2.75, 3.05) is 0 Å². The maximum absolute atomic E-state index is 5.95. The number of ether oxygens (including phenoxy) is 1. The van der Waals surface area contributed by atoms with Crippen LogP contribution in [0.3, 0.4) is 0 Å². The Balaban J connectivity index is 2.32. The molecule has 0 amide bonds. The molecule has 15 heavy (non-hydrogen) atoms. The Kier molecular flexibility index (Phi) is 3.09. The van der Waals surface area contributed by atoms with Gasteiger partial charge in [0.05, 0.1) is 16.2 Å². The van der Waals surface area contributed by atoms with Crippen LogP contribution < -0.4 is 4.74 Å². The number of halogens is 2. The monoisotopic (exact) mass is 239 g/mol. The van der Waals surface area contributed by atoms with Crippen molar-refractivity contribution in [3.63, 3.8) is 0 Å². The number of benzene rings is 1. The first kappa shape index (κ1) is 10.3. The van der Waals surface area contributed by atoms with Crippen LogP contribution in [0.4, 0.5) is 0 Å². The van der Waals surface area contributed by atoms with Crippen LogP contribution in [0, 0.1) is 0 Å². The molecule has 0 bridgehead atoms. The molecule has 0 aliphatic rings. The molecule has 0 aliphatic carbocycles. The Bertz CT molecular complexity index is 439. The topological polar surface area (TPSA) is 22.1 Å². The molecule has 0 spiro atoms. The molecule has 1 heterocycles. The molecule has 0 radical (unpaired) electrons. The van der Waals surface area contributed by atoms with Gasteiger partial charge in [-0.15, -0.1) is 0 Å². The highest BCUT2D eigenvalue weighted by Gasteiger charge is 2.07. The van der Waals surface area contributed by atoms with Crippen LogP contribution in [0.1, 0.15) is 0 Å². The highest BCUT2D eigenvalue weighted by molar-refractivity contribution is 6.37. The standard InChI is InChI=1S/C11H7Cl2NO/c12-9-4-1-5-10(13)11(9)15-8-3-2-6-14-7-8/h1-7H. The number of aromatic nitrogens is 1. The fraction of sp³-hybridized carbons (Fsp3) is 0. The number of pyridine rings is 1. The van der Waals surface area contributed by atoms with Crippen molar-refractivity contribution in [3.8, 4) is 11.5 Å². The van der Waals surface area contributed by atoms with Crippen molar-refractivity contribution in [1.82, 2.24) is 4.98 Å². The molecule has 76 valence electrons. The molecule has 2 rings (SSSR count). The summed E-state index contributed by atoms with van der Waals surface area (Å²) in [7, 11) is 0. The first-order chi connectivity index (χ1) is 7.27. The van der Waals surface area contributed by atoms with Gasteiger partial charge in [-0.05, 0) is 24.3 Å². The number of rotatable bonds is 2. The van der Waals surface area contributed by atoms with Gasteiger partial charge in [-0.3, -0.25) is 4.98 Å². The van der Waals surface area contributed by atoms with Crippen molar-refractivity contribution in [2.24, 2.45) is 0 Å². The van der Waals surface area contributed by atoms with E-state index in [2.05, 4.69) is 4.98 Å². The van der Waals surface area contributed by atoms with E-state index >= 15 is 0 Å². The predicted molar refractivity (Wildman–Crippen MR) is 60.8 cm³/mol. The first-order valence-corrected chi connectivity index (χ1v) is 5.05. The molecule has 0 saturated heterocycles. The maximum atomic E-state index is 5.95. The van der Waals surface area contributed by atoms with Gasteiger partial charge < -0.3 is 4.74 Å². The summed E-state index contributed by atoms with van der Waals surface area (Å²) >= 11 is 11.9. The largest absolute Gasteiger partial charge is 0.453 e. The van der Waals surface area contributed by atoms with Crippen LogP contribution in [0.2, 0.25) is 10.0 Å². The van der Waals surface area contributed by atoms with Gasteiger partial charge >= 0.3 is 0 Å². The van der Waals surface area contributed by atoms with Crippen molar-refractivity contribution in [3.05, 3.63) is 52.8 Å². The molecule has 0 saturated carbocycles. The van der Waals surface area contributed by atoms with Crippen LogP contribution in [-0.2, 0) is 0 Å². The molecule has 1 aromatic heterocycles. The van der Waals surface area contributed by atoms with E-state index in [9.17, 15) is 0 Å². The molecule has 4 heteroatoms. The number of para-hydroxylation sites is 1. The van der Waals surface area contributed by atoms with Gasteiger partial charge in [-0.25, -0.2) is 0 Å². The molecular weight excluding hydrogens is 233 g/mol. The Morgan fingerprint density at radius 1 is 1.00 bits per heavy atom. The second-order valence-electron chi connectivity index (χ2n) is 2.84. The van der Waals surface area contributed by atoms with Gasteiger partial charge in [0, 0.05) is 6.20 Å². The van der Waals surface area contributed by atoms with E-state index in [1.165, 1.54) is 0 Å². The van der Waals surface area contributed by atoms with Gasteiger partial charge in [0.2, 0.25) is 0 Å². The van der Waals surface area contributed by atoms with Gasteiger partial charge in [-0.2, -0.15) is 0 Å². The highest BCUT2D eigenvalue weighted by Crippen LogP contribution is 2.35. The molecule has 0 fully saturated rings. The second-order valence-corrected chi connectivity index (χ2v) is 3.66. The quantitative estimate of drug-likeness (QED) is 0.785. The SMILES string of the molecule is Clc1cccc(Cl)c1Oc1cccnc1. The minimum absolute atomic E-state index is 0.453. The summed E-state index contributed by atoms with van der Waals surface area (Å²) in [5.41, 5.74) is 0. The van der Waals surface area contributed by atoms with Crippen molar-refractivity contribution < 1.29 is 4.74 Å². The molecule has 0 N–H and O–H groups in total. The summed E-state index contributed by atoms with van der Waals surface area (Å²) in [6, 6.07) is 8.77. The summed E-state index contributed by atoms with van der Waals surface area (Å²) in [6.07, 6.45) is 3.26. The molecule has 0 aliphatic heterocycles. The molecular formula is C11H7Cl2NO. The lowest BCUT2D eigenvalue weighted by molar-refractivity contribution is 0.481. The van der Waals surface area contributed by atoms with E-state index in [-0.39, 0.29) is 0 Å². The Hall–Kier alpha value is -1.25. The Labute approximate surface area is 97.4 Å². The number of hydrogen-bond donors (Lipinski definition) is 0. The van der Waals surface area contributed by atoms with Gasteiger partial charge in [0.15, 0.2) is 5.75 Å². The van der Waals surface area contributed by atoms with E-state index in [0.717, 1.165) is 0 Å². The van der Waals surface area contributed by atoms with Crippen LogP contribution in [0.15, 0.2) is 42.7 Å². The molecule has 2 aromatic rings. The lowest BCUT2D eigenvalue weighted by atomic mass is 10.3. The van der Waals surface area contributed by atoms with E-state index in [4.69, 9.17) is 27.9 Å². The summed E-state index contributed by atoms with van der Waals surface area (Å²) in [5.74, 6) is 1.06. The third-order valence-electron chi connectivity index (χ3n) is 1.77. The zero-order valence-corrected chi connectivity index (χ0v) is 9.16. The summed E-state index contributed by atoms with van der Waals surface area (Å²) < 4.78 is 5.51. The van der Waals surface area contributed by atoms with E-state index in [1.54, 1.807) is 42.7 Å². The Morgan fingerprint density at radius 3 is 2.33 bits per heavy atom. The normalized spacial score (nSPS) is 10.0. The van der Waals surface area contributed by atoms with Crippen molar-refractivity contribution >= 4 is 23.2 Å². The predicted octanol–water partition coefficient (Wildman–Crippen LogP) is 4.18. The van der Waals surface area contributed by atoms with E-state index in [1.807, 2.05) is 0 Å². The van der Waals surface area contributed by atoms with Crippen LogP contribution >= 0.6 is 23.2 Å². The van der Waals surface area contributed by atoms with Gasteiger partial charge in [-0.1, -0.05) is 29.3 Å². The summed E-state index contributed by atoms with van der Waals surface area (Å²) in [4.78, 5) is 3.93. The minimum Gasteiger partial charge on any atom is -0.453 e. The fourth-order valence-corrected chi connectivity index (χ4v) is 1.58. The fourth-order valence-electron chi connectivity index (χ4n) is 1.11. The third kappa shape index (κ3) is 2.41. The maximum Gasteiger partial charge on any atom is 0.164 e.